The maximum Gasteiger partial charge on any atom is 0.416 e. The van der Waals surface area contributed by atoms with E-state index < -0.39 is 11.7 Å². The molecule has 0 saturated carbocycles. The van der Waals surface area contributed by atoms with Gasteiger partial charge in [-0.15, -0.1) is 24.0 Å². The largest absolute Gasteiger partial charge is 0.416 e. The van der Waals surface area contributed by atoms with Crippen molar-refractivity contribution in [1.29, 1.82) is 0 Å². The number of aromatic nitrogens is 2. The number of aromatic amines is 1. The lowest BCUT2D eigenvalue weighted by Crippen LogP contribution is -2.37. The Morgan fingerprint density at radius 1 is 1.17 bits per heavy atom. The van der Waals surface area contributed by atoms with E-state index in [-0.39, 0.29) is 24.0 Å². The van der Waals surface area contributed by atoms with E-state index >= 15 is 0 Å². The summed E-state index contributed by atoms with van der Waals surface area (Å²) in [7, 11) is 1.65. The number of aliphatic imine (C=N–C) groups is 1. The molecule has 9 heteroatoms. The van der Waals surface area contributed by atoms with Gasteiger partial charge in [0.25, 0.3) is 0 Å². The molecule has 5 nitrogen and oxygen atoms in total. The Hall–Kier alpha value is -1.78. The van der Waals surface area contributed by atoms with Crippen LogP contribution in [0.5, 0.6) is 0 Å². The summed E-state index contributed by atoms with van der Waals surface area (Å²) in [6.07, 6.45) is -2.03. The zero-order chi connectivity index (χ0) is 16.7. The third-order valence-electron chi connectivity index (χ3n) is 3.22. The summed E-state index contributed by atoms with van der Waals surface area (Å²) in [5.41, 5.74) is 1.12. The van der Waals surface area contributed by atoms with Gasteiger partial charge in [-0.2, -0.15) is 18.3 Å². The molecule has 0 fully saturated rings. The van der Waals surface area contributed by atoms with Gasteiger partial charge >= 0.3 is 6.18 Å². The number of rotatable bonds is 5. The highest BCUT2D eigenvalue weighted by Gasteiger charge is 2.29. The summed E-state index contributed by atoms with van der Waals surface area (Å²) in [5.74, 6) is 0.617. The van der Waals surface area contributed by atoms with Gasteiger partial charge < -0.3 is 10.6 Å². The minimum Gasteiger partial charge on any atom is -0.356 e. The summed E-state index contributed by atoms with van der Waals surface area (Å²) in [5, 5.41) is 12.9. The summed E-state index contributed by atoms with van der Waals surface area (Å²) < 4.78 is 37.4. The Labute approximate surface area is 155 Å². The molecule has 1 heterocycles. The third-order valence-corrected chi connectivity index (χ3v) is 3.22. The zero-order valence-electron chi connectivity index (χ0n) is 13.0. The van der Waals surface area contributed by atoms with Crippen molar-refractivity contribution >= 4 is 29.9 Å². The van der Waals surface area contributed by atoms with Crippen molar-refractivity contribution in [2.24, 2.45) is 4.99 Å². The van der Waals surface area contributed by atoms with Crippen LogP contribution in [0.15, 0.2) is 41.5 Å². The Morgan fingerprint density at radius 3 is 2.42 bits per heavy atom. The lowest BCUT2D eigenvalue weighted by Gasteiger charge is -2.11. The van der Waals surface area contributed by atoms with Crippen LogP contribution in [-0.2, 0) is 19.1 Å². The molecule has 3 N–H and O–H groups in total. The number of guanidine groups is 1. The molecule has 132 valence electrons. The van der Waals surface area contributed by atoms with E-state index in [0.717, 1.165) is 23.4 Å². The van der Waals surface area contributed by atoms with Gasteiger partial charge in [-0.1, -0.05) is 12.1 Å². The van der Waals surface area contributed by atoms with Crippen LogP contribution in [0.2, 0.25) is 0 Å². The molecule has 0 bridgehead atoms. The quantitative estimate of drug-likeness (QED) is 0.371. The first-order valence-electron chi connectivity index (χ1n) is 7.08. The lowest BCUT2D eigenvalue weighted by atomic mass is 10.1. The lowest BCUT2D eigenvalue weighted by molar-refractivity contribution is -0.137. The SMILES string of the molecule is CN=C(NCCc1ccc(C(F)(F)F)cc1)NCc1ccn[nH]1.I. The molecule has 1 aromatic carbocycles. The van der Waals surface area contributed by atoms with Crippen LogP contribution in [0.25, 0.3) is 0 Å². The number of hydrogen-bond acceptors (Lipinski definition) is 2. The Bertz CT molecular complexity index is 624. The monoisotopic (exact) mass is 453 g/mol. The van der Waals surface area contributed by atoms with Crippen LogP contribution in [0, 0.1) is 0 Å². The number of alkyl halides is 3. The Balaban J connectivity index is 0.00000288. The topological polar surface area (TPSA) is 65.1 Å². The number of benzene rings is 1. The minimum atomic E-state index is -4.30. The van der Waals surface area contributed by atoms with E-state index in [2.05, 4.69) is 25.8 Å². The number of hydrogen-bond donors (Lipinski definition) is 3. The predicted molar refractivity (Wildman–Crippen MR) is 97.4 cm³/mol. The van der Waals surface area contributed by atoms with Crippen molar-refractivity contribution in [3.8, 4) is 0 Å². The molecule has 0 radical (unpaired) electrons. The molecule has 0 saturated heterocycles. The van der Waals surface area contributed by atoms with Crippen molar-refractivity contribution in [3.63, 3.8) is 0 Å². The van der Waals surface area contributed by atoms with E-state index in [0.29, 0.717) is 25.5 Å². The molecule has 0 aliphatic heterocycles. The third kappa shape index (κ3) is 6.38. The average molecular weight is 453 g/mol. The first kappa shape index (κ1) is 20.3. The van der Waals surface area contributed by atoms with Crippen LogP contribution in [0.4, 0.5) is 13.2 Å². The first-order valence-corrected chi connectivity index (χ1v) is 7.08. The van der Waals surface area contributed by atoms with Gasteiger partial charge in [0, 0.05) is 19.8 Å². The van der Waals surface area contributed by atoms with Crippen molar-refractivity contribution in [2.75, 3.05) is 13.6 Å². The molecule has 0 atom stereocenters. The normalized spacial score (nSPS) is 11.8. The van der Waals surface area contributed by atoms with Crippen LogP contribution < -0.4 is 10.6 Å². The highest BCUT2D eigenvalue weighted by atomic mass is 127. The average Bonchev–Trinajstić information content (AvgIpc) is 3.03. The second kappa shape index (κ2) is 9.50. The van der Waals surface area contributed by atoms with Gasteiger partial charge in [-0.05, 0) is 30.2 Å². The van der Waals surface area contributed by atoms with Crippen LogP contribution >= 0.6 is 24.0 Å². The van der Waals surface area contributed by atoms with Crippen LogP contribution in [0.3, 0.4) is 0 Å². The molecule has 0 aliphatic rings. The number of nitrogens with zero attached hydrogens (tertiary/aromatic N) is 2. The summed E-state index contributed by atoms with van der Waals surface area (Å²) in [6.45, 7) is 1.12. The van der Waals surface area contributed by atoms with Gasteiger partial charge in [0.15, 0.2) is 5.96 Å². The standard InChI is InChI=1S/C15H18F3N5.HI/c1-19-14(21-10-13-7-9-22-23-13)20-8-6-11-2-4-12(5-3-11)15(16,17)18;/h2-5,7,9H,6,8,10H2,1H3,(H,22,23)(H2,19,20,21);1H. The molecular formula is C15H19F3IN5. The zero-order valence-corrected chi connectivity index (χ0v) is 15.4. The minimum absolute atomic E-state index is 0. The summed E-state index contributed by atoms with van der Waals surface area (Å²) in [6, 6.07) is 7.03. The maximum atomic E-state index is 12.5. The van der Waals surface area contributed by atoms with E-state index in [1.54, 1.807) is 13.2 Å². The molecule has 0 aliphatic carbocycles. The Kier molecular flexibility index (Phi) is 8.02. The van der Waals surface area contributed by atoms with Gasteiger partial charge in [0.1, 0.15) is 0 Å². The fraction of sp³-hybridized carbons (Fsp3) is 0.333. The fourth-order valence-electron chi connectivity index (χ4n) is 1.97. The maximum absolute atomic E-state index is 12.5. The molecule has 0 amide bonds. The molecular weight excluding hydrogens is 434 g/mol. The van der Waals surface area contributed by atoms with Crippen molar-refractivity contribution < 1.29 is 13.2 Å². The Morgan fingerprint density at radius 2 is 1.88 bits per heavy atom. The molecule has 24 heavy (non-hydrogen) atoms. The van der Waals surface area contributed by atoms with Crippen molar-refractivity contribution in [2.45, 2.75) is 19.1 Å². The second-order valence-electron chi connectivity index (χ2n) is 4.88. The number of nitrogens with one attached hydrogen (secondary N) is 3. The van der Waals surface area contributed by atoms with E-state index in [4.69, 9.17) is 0 Å². The number of H-pyrrole nitrogens is 1. The highest BCUT2D eigenvalue weighted by molar-refractivity contribution is 14.0. The fourth-order valence-corrected chi connectivity index (χ4v) is 1.97. The van der Waals surface area contributed by atoms with Crippen LogP contribution in [-0.4, -0.2) is 29.7 Å². The smallest absolute Gasteiger partial charge is 0.356 e. The van der Waals surface area contributed by atoms with Crippen molar-refractivity contribution in [1.82, 2.24) is 20.8 Å². The molecule has 2 aromatic rings. The van der Waals surface area contributed by atoms with Crippen molar-refractivity contribution in [3.05, 3.63) is 53.3 Å². The van der Waals surface area contributed by atoms with E-state index in [9.17, 15) is 13.2 Å². The molecule has 0 unspecified atom stereocenters. The second-order valence-corrected chi connectivity index (χ2v) is 4.88. The molecule has 0 spiro atoms. The number of halogens is 4. The predicted octanol–water partition coefficient (Wildman–Crippen LogP) is 2.95. The van der Waals surface area contributed by atoms with Gasteiger partial charge in [0.2, 0.25) is 0 Å². The summed E-state index contributed by atoms with van der Waals surface area (Å²) >= 11 is 0. The van der Waals surface area contributed by atoms with Gasteiger partial charge in [0.05, 0.1) is 17.8 Å². The van der Waals surface area contributed by atoms with Gasteiger partial charge in [-0.25, -0.2) is 0 Å². The van der Waals surface area contributed by atoms with E-state index in [1.165, 1.54) is 12.1 Å². The molecule has 1 aromatic heterocycles. The molecule has 2 rings (SSSR count). The van der Waals surface area contributed by atoms with Crippen LogP contribution in [0.1, 0.15) is 16.8 Å². The van der Waals surface area contributed by atoms with E-state index in [1.807, 2.05) is 6.07 Å². The summed E-state index contributed by atoms with van der Waals surface area (Å²) in [4.78, 5) is 4.08. The van der Waals surface area contributed by atoms with Gasteiger partial charge in [-0.3, -0.25) is 10.1 Å². The first-order chi connectivity index (χ1) is 11.0. The highest BCUT2D eigenvalue weighted by Crippen LogP contribution is 2.29.